The second-order valence-corrected chi connectivity index (χ2v) is 5.89. The van der Waals surface area contributed by atoms with Crippen LogP contribution in [-0.2, 0) is 0 Å². The highest BCUT2D eigenvalue weighted by Crippen LogP contribution is 2.46. The smallest absolute Gasteiger partial charge is 0.126 e. The predicted octanol–water partition coefficient (Wildman–Crippen LogP) is 4.09. The molecule has 0 spiro atoms. The van der Waals surface area contributed by atoms with E-state index in [4.69, 9.17) is 10.5 Å². The summed E-state index contributed by atoms with van der Waals surface area (Å²) in [7, 11) is 0. The second kappa shape index (κ2) is 4.64. The van der Waals surface area contributed by atoms with Gasteiger partial charge in [0.1, 0.15) is 11.9 Å². The van der Waals surface area contributed by atoms with Gasteiger partial charge in [-0.2, -0.15) is 0 Å². The number of para-hydroxylation sites is 1. The predicted molar refractivity (Wildman–Crippen MR) is 79.8 cm³/mol. The van der Waals surface area contributed by atoms with Crippen LogP contribution in [0.2, 0.25) is 0 Å². The molecule has 1 aliphatic heterocycles. The van der Waals surface area contributed by atoms with Crippen LogP contribution in [0.5, 0.6) is 5.75 Å². The third-order valence-electron chi connectivity index (χ3n) is 4.42. The molecule has 0 radical (unpaired) electrons. The highest BCUT2D eigenvalue weighted by molar-refractivity contribution is 5.41. The van der Waals surface area contributed by atoms with Crippen LogP contribution < -0.4 is 10.5 Å². The van der Waals surface area contributed by atoms with Gasteiger partial charge in [0.15, 0.2) is 0 Å². The van der Waals surface area contributed by atoms with E-state index in [2.05, 4.69) is 30.3 Å². The van der Waals surface area contributed by atoms with Crippen molar-refractivity contribution in [1.82, 2.24) is 0 Å². The summed E-state index contributed by atoms with van der Waals surface area (Å²) in [6.45, 7) is 0. The van der Waals surface area contributed by atoms with Crippen molar-refractivity contribution in [3.63, 3.8) is 0 Å². The Labute approximate surface area is 119 Å². The highest BCUT2D eigenvalue weighted by Gasteiger charge is 2.32. The molecule has 0 bridgehead atoms. The molecule has 2 nitrogen and oxygen atoms in total. The van der Waals surface area contributed by atoms with Gasteiger partial charge in [-0.3, -0.25) is 0 Å². The first-order chi connectivity index (χ1) is 9.83. The zero-order chi connectivity index (χ0) is 13.5. The van der Waals surface area contributed by atoms with Crippen LogP contribution in [0, 0.1) is 0 Å². The minimum Gasteiger partial charge on any atom is -0.485 e. The Kier molecular flexibility index (Phi) is 2.78. The SMILES string of the molecule is NC1CC(c2ccccc2C2CC2)Oc2ccccc21. The molecular weight excluding hydrogens is 246 g/mol. The van der Waals surface area contributed by atoms with E-state index in [1.165, 1.54) is 24.0 Å². The van der Waals surface area contributed by atoms with Crippen LogP contribution in [0.25, 0.3) is 0 Å². The van der Waals surface area contributed by atoms with E-state index in [9.17, 15) is 0 Å². The van der Waals surface area contributed by atoms with Crippen LogP contribution in [0.4, 0.5) is 0 Å². The second-order valence-electron chi connectivity index (χ2n) is 5.89. The molecule has 2 N–H and O–H groups in total. The quantitative estimate of drug-likeness (QED) is 0.887. The Hall–Kier alpha value is -1.80. The molecule has 2 unspecified atom stereocenters. The molecule has 1 saturated carbocycles. The molecule has 2 heteroatoms. The van der Waals surface area contributed by atoms with Crippen molar-refractivity contribution in [3.05, 3.63) is 65.2 Å². The van der Waals surface area contributed by atoms with Crippen molar-refractivity contribution < 1.29 is 4.74 Å². The first-order valence-electron chi connectivity index (χ1n) is 7.43. The van der Waals surface area contributed by atoms with Crippen LogP contribution >= 0.6 is 0 Å². The standard InChI is InChI=1S/C18H19NO/c19-16-11-18(20-17-8-4-3-7-15(16)17)14-6-2-1-5-13(14)12-9-10-12/h1-8,12,16,18H,9-11,19H2. The first kappa shape index (κ1) is 12.0. The molecule has 0 aromatic heterocycles. The molecule has 1 heterocycles. The molecule has 0 saturated heterocycles. The summed E-state index contributed by atoms with van der Waals surface area (Å²) in [6, 6.07) is 16.9. The fourth-order valence-electron chi connectivity index (χ4n) is 3.21. The highest BCUT2D eigenvalue weighted by atomic mass is 16.5. The van der Waals surface area contributed by atoms with Crippen molar-refractivity contribution in [2.45, 2.75) is 37.3 Å². The van der Waals surface area contributed by atoms with Crippen molar-refractivity contribution in [3.8, 4) is 5.75 Å². The normalized spacial score (nSPS) is 24.9. The molecule has 2 aromatic rings. The van der Waals surface area contributed by atoms with Gasteiger partial charge in [-0.15, -0.1) is 0 Å². The van der Waals surface area contributed by atoms with Gasteiger partial charge < -0.3 is 10.5 Å². The molecular formula is C18H19NO. The fraction of sp³-hybridized carbons (Fsp3) is 0.333. The van der Waals surface area contributed by atoms with Gasteiger partial charge in [-0.25, -0.2) is 0 Å². The van der Waals surface area contributed by atoms with Crippen molar-refractivity contribution in [2.24, 2.45) is 5.73 Å². The molecule has 2 aliphatic rings. The Morgan fingerprint density at radius 3 is 2.25 bits per heavy atom. The van der Waals surface area contributed by atoms with E-state index in [1.54, 1.807) is 0 Å². The molecule has 102 valence electrons. The summed E-state index contributed by atoms with van der Waals surface area (Å²) in [4.78, 5) is 0. The Balaban J connectivity index is 1.71. The van der Waals surface area contributed by atoms with Crippen molar-refractivity contribution in [1.29, 1.82) is 0 Å². The third kappa shape index (κ3) is 2.01. The van der Waals surface area contributed by atoms with E-state index in [0.717, 1.165) is 23.7 Å². The Bertz CT molecular complexity index is 633. The molecule has 1 aliphatic carbocycles. The lowest BCUT2D eigenvalue weighted by atomic mass is 9.90. The molecule has 1 fully saturated rings. The summed E-state index contributed by atoms with van der Waals surface area (Å²) < 4.78 is 6.23. The maximum absolute atomic E-state index is 6.34. The Morgan fingerprint density at radius 1 is 0.850 bits per heavy atom. The van der Waals surface area contributed by atoms with Crippen molar-refractivity contribution in [2.75, 3.05) is 0 Å². The first-order valence-corrected chi connectivity index (χ1v) is 7.43. The average Bonchev–Trinajstić information content (AvgIpc) is 3.32. The fourth-order valence-corrected chi connectivity index (χ4v) is 3.21. The summed E-state index contributed by atoms with van der Waals surface area (Å²) in [6.07, 6.45) is 3.58. The van der Waals surface area contributed by atoms with Crippen LogP contribution in [0.1, 0.15) is 54.0 Å². The number of fused-ring (bicyclic) bond motifs is 1. The zero-order valence-corrected chi connectivity index (χ0v) is 11.5. The molecule has 2 atom stereocenters. The monoisotopic (exact) mass is 265 g/mol. The summed E-state index contributed by atoms with van der Waals surface area (Å²) in [5, 5.41) is 0. The van der Waals surface area contributed by atoms with E-state index in [1.807, 2.05) is 18.2 Å². The lowest BCUT2D eigenvalue weighted by Crippen LogP contribution is -2.24. The lowest BCUT2D eigenvalue weighted by molar-refractivity contribution is 0.160. The van der Waals surface area contributed by atoms with Gasteiger partial charge in [-0.05, 0) is 36.0 Å². The summed E-state index contributed by atoms with van der Waals surface area (Å²) in [5.74, 6) is 1.69. The third-order valence-corrected chi connectivity index (χ3v) is 4.42. The lowest BCUT2D eigenvalue weighted by Gasteiger charge is -2.31. The van der Waals surface area contributed by atoms with Gasteiger partial charge in [0.05, 0.1) is 0 Å². The number of ether oxygens (including phenoxy) is 1. The molecule has 20 heavy (non-hydrogen) atoms. The average molecular weight is 265 g/mol. The van der Waals surface area contributed by atoms with Crippen LogP contribution in [0.3, 0.4) is 0 Å². The molecule has 2 aromatic carbocycles. The molecule has 0 amide bonds. The van der Waals surface area contributed by atoms with E-state index >= 15 is 0 Å². The van der Waals surface area contributed by atoms with Gasteiger partial charge in [0.25, 0.3) is 0 Å². The van der Waals surface area contributed by atoms with Crippen LogP contribution in [-0.4, -0.2) is 0 Å². The van der Waals surface area contributed by atoms with Gasteiger partial charge >= 0.3 is 0 Å². The zero-order valence-electron chi connectivity index (χ0n) is 11.5. The topological polar surface area (TPSA) is 35.2 Å². The van der Waals surface area contributed by atoms with E-state index in [0.29, 0.717) is 0 Å². The van der Waals surface area contributed by atoms with E-state index in [-0.39, 0.29) is 12.1 Å². The van der Waals surface area contributed by atoms with Crippen LogP contribution in [0.15, 0.2) is 48.5 Å². The largest absolute Gasteiger partial charge is 0.485 e. The van der Waals surface area contributed by atoms with Crippen molar-refractivity contribution >= 4 is 0 Å². The molecule has 4 rings (SSSR count). The maximum Gasteiger partial charge on any atom is 0.126 e. The maximum atomic E-state index is 6.34. The van der Waals surface area contributed by atoms with Gasteiger partial charge in [0.2, 0.25) is 0 Å². The Morgan fingerprint density at radius 2 is 1.50 bits per heavy atom. The minimum atomic E-state index is 0.0669. The van der Waals surface area contributed by atoms with Gasteiger partial charge in [-0.1, -0.05) is 42.5 Å². The summed E-state index contributed by atoms with van der Waals surface area (Å²) >= 11 is 0. The number of benzene rings is 2. The number of nitrogens with two attached hydrogens (primary N) is 1. The minimum absolute atomic E-state index is 0.0669. The number of hydrogen-bond donors (Lipinski definition) is 1. The van der Waals surface area contributed by atoms with Gasteiger partial charge in [0, 0.05) is 18.0 Å². The number of rotatable bonds is 2. The number of hydrogen-bond acceptors (Lipinski definition) is 2. The van der Waals surface area contributed by atoms with E-state index < -0.39 is 0 Å². The summed E-state index contributed by atoms with van der Waals surface area (Å²) in [5.41, 5.74) is 10.3.